The van der Waals surface area contributed by atoms with E-state index in [0.717, 1.165) is 6.42 Å². The molecular weight excluding hydrogens is 148 g/mol. The normalized spacial score (nSPS) is 39.2. The molecule has 2 atom stereocenters. The highest BCUT2D eigenvalue weighted by atomic mass is 16.1. The number of carbonyl (C=O) groups is 1. The van der Waals surface area contributed by atoms with Crippen molar-refractivity contribution in [2.75, 3.05) is 0 Å². The average molecular weight is 162 g/mol. The Morgan fingerprint density at radius 2 is 1.83 bits per heavy atom. The summed E-state index contributed by atoms with van der Waals surface area (Å²) in [5.74, 6) is 1.68. The second-order valence-corrected chi connectivity index (χ2v) is 4.37. The number of Topliss-reactive ketones (excluding diaryl/α,β-unsaturated/α-hetero) is 1. The van der Waals surface area contributed by atoms with Gasteiger partial charge < -0.3 is 0 Å². The van der Waals surface area contributed by atoms with Crippen molar-refractivity contribution in [1.82, 2.24) is 0 Å². The van der Waals surface area contributed by atoms with Gasteiger partial charge in [-0.2, -0.15) is 0 Å². The highest BCUT2D eigenvalue weighted by molar-refractivity contribution is 6.01. The van der Waals surface area contributed by atoms with E-state index in [1.54, 1.807) is 5.57 Å². The molecule has 0 heterocycles. The van der Waals surface area contributed by atoms with E-state index in [0.29, 0.717) is 17.6 Å². The first-order valence-corrected chi connectivity index (χ1v) is 5.14. The van der Waals surface area contributed by atoms with Gasteiger partial charge in [0, 0.05) is 5.92 Å². The Balaban J connectivity index is 2.04. The largest absolute Gasteiger partial charge is 0.294 e. The molecule has 1 heteroatoms. The van der Waals surface area contributed by atoms with Crippen LogP contribution in [0.5, 0.6) is 0 Å². The molecule has 0 N–H and O–H groups in total. The van der Waals surface area contributed by atoms with E-state index in [2.05, 4.69) is 0 Å². The number of allylic oxidation sites excluding steroid dienone is 2. The molecule has 1 nitrogen and oxygen atoms in total. The van der Waals surface area contributed by atoms with Crippen molar-refractivity contribution in [2.45, 2.75) is 38.5 Å². The fraction of sp³-hybridized carbons (Fsp3) is 0.727. The third-order valence-electron chi connectivity index (χ3n) is 3.86. The van der Waals surface area contributed by atoms with Crippen molar-refractivity contribution < 1.29 is 4.79 Å². The first-order chi connectivity index (χ1) is 5.88. The third-order valence-corrected chi connectivity index (χ3v) is 3.86. The maximum atomic E-state index is 11.8. The van der Waals surface area contributed by atoms with Gasteiger partial charge in [-0.1, -0.05) is 12.0 Å². The minimum Gasteiger partial charge on any atom is -0.294 e. The Kier molecular flexibility index (Phi) is 1.27. The number of rotatable bonds is 0. The summed E-state index contributed by atoms with van der Waals surface area (Å²) in [5, 5.41) is 0. The summed E-state index contributed by atoms with van der Waals surface area (Å²) in [7, 11) is 0. The number of hydrogen-bond acceptors (Lipinski definition) is 1. The van der Waals surface area contributed by atoms with Crippen LogP contribution in [0.15, 0.2) is 11.1 Å². The molecule has 3 rings (SSSR count). The van der Waals surface area contributed by atoms with Crippen LogP contribution in [0.25, 0.3) is 0 Å². The molecule has 0 bridgehead atoms. The first kappa shape index (κ1) is 6.88. The van der Waals surface area contributed by atoms with Crippen LogP contribution in [-0.2, 0) is 4.79 Å². The molecular formula is C11H14O. The van der Waals surface area contributed by atoms with E-state index in [1.807, 2.05) is 0 Å². The van der Waals surface area contributed by atoms with Gasteiger partial charge >= 0.3 is 0 Å². The van der Waals surface area contributed by atoms with Crippen LogP contribution in [0.1, 0.15) is 38.5 Å². The average Bonchev–Trinajstić information content (AvgIpc) is 2.72. The molecule has 1 fully saturated rings. The molecule has 0 aliphatic heterocycles. The Hall–Kier alpha value is -0.590. The van der Waals surface area contributed by atoms with Crippen molar-refractivity contribution in [2.24, 2.45) is 11.8 Å². The predicted molar refractivity (Wildman–Crippen MR) is 46.7 cm³/mol. The third kappa shape index (κ3) is 0.675. The highest BCUT2D eigenvalue weighted by Crippen LogP contribution is 2.50. The standard InChI is InChI=1S/C11H14O/c12-11-9-5-1-3-7(9)8-4-2-6-10(8)11/h7,9H,1-6H2/t7-,9+/m0/s1. The summed E-state index contributed by atoms with van der Waals surface area (Å²) in [5.41, 5.74) is 2.83. The second-order valence-electron chi connectivity index (χ2n) is 4.37. The summed E-state index contributed by atoms with van der Waals surface area (Å²) >= 11 is 0. The fourth-order valence-electron chi connectivity index (χ4n) is 3.37. The topological polar surface area (TPSA) is 17.1 Å². The van der Waals surface area contributed by atoms with E-state index >= 15 is 0 Å². The SMILES string of the molecule is O=C1C2=C(CCC2)[C@@H]2CCC[C@@H]12. The maximum absolute atomic E-state index is 11.8. The number of hydrogen-bond donors (Lipinski definition) is 0. The molecule has 0 aromatic rings. The van der Waals surface area contributed by atoms with Crippen LogP contribution >= 0.6 is 0 Å². The van der Waals surface area contributed by atoms with Crippen molar-refractivity contribution >= 4 is 5.78 Å². The van der Waals surface area contributed by atoms with E-state index < -0.39 is 0 Å². The molecule has 0 aromatic carbocycles. The van der Waals surface area contributed by atoms with E-state index in [9.17, 15) is 4.79 Å². The second kappa shape index (κ2) is 2.21. The Morgan fingerprint density at radius 1 is 1.00 bits per heavy atom. The van der Waals surface area contributed by atoms with Gasteiger partial charge in [-0.3, -0.25) is 4.79 Å². The van der Waals surface area contributed by atoms with Crippen molar-refractivity contribution in [3.63, 3.8) is 0 Å². The van der Waals surface area contributed by atoms with Gasteiger partial charge in [0.25, 0.3) is 0 Å². The van der Waals surface area contributed by atoms with Crippen LogP contribution in [0.4, 0.5) is 0 Å². The fourth-order valence-corrected chi connectivity index (χ4v) is 3.37. The van der Waals surface area contributed by atoms with Crippen LogP contribution in [0.3, 0.4) is 0 Å². The van der Waals surface area contributed by atoms with E-state index in [4.69, 9.17) is 0 Å². The minimum absolute atomic E-state index is 0.440. The molecule has 1 saturated carbocycles. The molecule has 0 radical (unpaired) electrons. The summed E-state index contributed by atoms with van der Waals surface area (Å²) in [6, 6.07) is 0. The predicted octanol–water partition coefficient (Wildman–Crippen LogP) is 2.47. The molecule has 0 aromatic heterocycles. The molecule has 0 unspecified atom stereocenters. The lowest BCUT2D eigenvalue weighted by atomic mass is 9.92. The van der Waals surface area contributed by atoms with Gasteiger partial charge in [0.05, 0.1) is 0 Å². The van der Waals surface area contributed by atoms with Gasteiger partial charge in [-0.25, -0.2) is 0 Å². The number of ketones is 1. The highest BCUT2D eigenvalue weighted by Gasteiger charge is 2.44. The van der Waals surface area contributed by atoms with Crippen molar-refractivity contribution in [3.8, 4) is 0 Å². The number of fused-ring (bicyclic) bond motifs is 2. The molecule has 0 amide bonds. The molecule has 12 heavy (non-hydrogen) atoms. The zero-order valence-electron chi connectivity index (χ0n) is 7.31. The lowest BCUT2D eigenvalue weighted by Crippen LogP contribution is -2.12. The lowest BCUT2D eigenvalue weighted by molar-refractivity contribution is -0.118. The van der Waals surface area contributed by atoms with Crippen LogP contribution in [-0.4, -0.2) is 5.78 Å². The first-order valence-electron chi connectivity index (χ1n) is 5.14. The van der Waals surface area contributed by atoms with Crippen molar-refractivity contribution in [3.05, 3.63) is 11.1 Å². The van der Waals surface area contributed by atoms with Crippen LogP contribution in [0, 0.1) is 11.8 Å². The Bertz CT molecular complexity index is 275. The Labute approximate surface area is 72.8 Å². The lowest BCUT2D eigenvalue weighted by Gasteiger charge is -2.11. The van der Waals surface area contributed by atoms with Crippen molar-refractivity contribution in [1.29, 1.82) is 0 Å². The zero-order chi connectivity index (χ0) is 8.13. The van der Waals surface area contributed by atoms with Gasteiger partial charge in [0.2, 0.25) is 0 Å². The minimum atomic E-state index is 0.440. The molecule has 64 valence electrons. The number of carbonyl (C=O) groups excluding carboxylic acids is 1. The summed E-state index contributed by atoms with van der Waals surface area (Å²) in [6.07, 6.45) is 7.35. The molecule has 3 aliphatic rings. The molecule has 3 aliphatic carbocycles. The maximum Gasteiger partial charge on any atom is 0.162 e. The van der Waals surface area contributed by atoms with Gasteiger partial charge in [-0.05, 0) is 43.6 Å². The van der Waals surface area contributed by atoms with E-state index in [1.165, 1.54) is 37.7 Å². The molecule has 0 saturated heterocycles. The zero-order valence-corrected chi connectivity index (χ0v) is 7.31. The monoisotopic (exact) mass is 162 g/mol. The summed E-state index contributed by atoms with van der Waals surface area (Å²) in [4.78, 5) is 11.8. The van der Waals surface area contributed by atoms with Gasteiger partial charge in [0.15, 0.2) is 5.78 Å². The summed E-state index contributed by atoms with van der Waals surface area (Å²) in [6.45, 7) is 0. The van der Waals surface area contributed by atoms with Crippen LogP contribution in [0.2, 0.25) is 0 Å². The quantitative estimate of drug-likeness (QED) is 0.534. The van der Waals surface area contributed by atoms with Crippen LogP contribution < -0.4 is 0 Å². The van der Waals surface area contributed by atoms with Gasteiger partial charge in [0.1, 0.15) is 0 Å². The molecule has 0 spiro atoms. The van der Waals surface area contributed by atoms with Gasteiger partial charge in [-0.15, -0.1) is 0 Å². The smallest absolute Gasteiger partial charge is 0.162 e. The summed E-state index contributed by atoms with van der Waals surface area (Å²) < 4.78 is 0. The Morgan fingerprint density at radius 3 is 2.75 bits per heavy atom. The van der Waals surface area contributed by atoms with E-state index in [-0.39, 0.29) is 0 Å².